The van der Waals surface area contributed by atoms with Gasteiger partial charge in [-0.05, 0) is 75.5 Å². The first kappa shape index (κ1) is 21.9. The number of anilines is 2. The van der Waals surface area contributed by atoms with Crippen LogP contribution in [0.5, 0.6) is 0 Å². The summed E-state index contributed by atoms with van der Waals surface area (Å²) >= 11 is 0. The molecule has 8 rings (SSSR count). The minimum atomic E-state index is 0.122. The third-order valence-electron chi connectivity index (χ3n) is 7.86. The minimum absolute atomic E-state index is 0.122. The Hall–Kier alpha value is -5.15. The van der Waals surface area contributed by atoms with E-state index in [1.54, 1.807) is 0 Å². The lowest BCUT2D eigenvalue weighted by Crippen LogP contribution is -2.30. The fourth-order valence-corrected chi connectivity index (χ4v) is 5.99. The van der Waals surface area contributed by atoms with Gasteiger partial charge in [0.25, 0.3) is 0 Å². The Morgan fingerprint density at radius 1 is 0.564 bits per heavy atom. The molecule has 39 heavy (non-hydrogen) atoms. The molecular formula is C36H25N3. The van der Waals surface area contributed by atoms with Crippen molar-refractivity contribution in [3.63, 3.8) is 0 Å². The average Bonchev–Trinajstić information content (AvgIpc) is 3.42. The molecule has 1 N–H and O–H groups in total. The Labute approximate surface area is 227 Å². The van der Waals surface area contributed by atoms with E-state index in [0.29, 0.717) is 0 Å². The molecule has 0 aliphatic carbocycles. The van der Waals surface area contributed by atoms with Gasteiger partial charge in [-0.1, -0.05) is 84.9 Å². The molecule has 184 valence electrons. The predicted octanol–water partition coefficient (Wildman–Crippen LogP) is 9.03. The first-order valence-electron chi connectivity index (χ1n) is 13.3. The highest BCUT2D eigenvalue weighted by atomic mass is 15.3. The average molecular weight is 500 g/mol. The maximum absolute atomic E-state index is 4.63. The first-order valence-corrected chi connectivity index (χ1v) is 13.3. The van der Waals surface area contributed by atoms with Crippen LogP contribution in [0.25, 0.3) is 55.1 Å². The van der Waals surface area contributed by atoms with Gasteiger partial charge in [0, 0.05) is 28.7 Å². The highest BCUT2D eigenvalue weighted by Crippen LogP contribution is 2.49. The smallest absolute Gasteiger partial charge is 0.123 e. The molecule has 6 aromatic rings. The molecule has 2 aliphatic heterocycles. The van der Waals surface area contributed by atoms with E-state index in [9.17, 15) is 0 Å². The molecule has 1 atom stereocenters. The Morgan fingerprint density at radius 3 is 2.15 bits per heavy atom. The van der Waals surface area contributed by atoms with Gasteiger partial charge in [0.1, 0.15) is 6.17 Å². The number of pyridine rings is 1. The Morgan fingerprint density at radius 2 is 1.28 bits per heavy atom. The van der Waals surface area contributed by atoms with Gasteiger partial charge in [-0.3, -0.25) is 4.98 Å². The van der Waals surface area contributed by atoms with Crippen LogP contribution >= 0.6 is 0 Å². The molecule has 0 bridgehead atoms. The van der Waals surface area contributed by atoms with Gasteiger partial charge in [-0.25, -0.2) is 0 Å². The lowest BCUT2D eigenvalue weighted by molar-refractivity contribution is 0.910. The van der Waals surface area contributed by atoms with Gasteiger partial charge < -0.3 is 10.2 Å². The van der Waals surface area contributed by atoms with Crippen LogP contribution in [-0.4, -0.2) is 11.1 Å². The number of hydrogen-bond acceptors (Lipinski definition) is 3. The zero-order valence-corrected chi connectivity index (χ0v) is 21.3. The normalized spacial score (nSPS) is 15.4. The number of hydrogen-bond donors (Lipinski definition) is 1. The molecule has 5 aromatic carbocycles. The number of aromatic nitrogens is 1. The number of benzene rings is 5. The molecule has 1 aromatic heterocycles. The summed E-state index contributed by atoms with van der Waals surface area (Å²) in [5.41, 5.74) is 9.40. The van der Waals surface area contributed by atoms with Crippen LogP contribution in [0.1, 0.15) is 0 Å². The molecule has 3 heterocycles. The van der Waals surface area contributed by atoms with E-state index in [1.807, 2.05) is 18.3 Å². The Balaban J connectivity index is 1.38. The monoisotopic (exact) mass is 499 g/mol. The summed E-state index contributed by atoms with van der Waals surface area (Å²) in [6.07, 6.45) is 10.6. The minimum Gasteiger partial charge on any atom is -0.359 e. The molecule has 3 heteroatoms. The summed E-state index contributed by atoms with van der Waals surface area (Å²) in [5, 5.41) is 8.72. The van der Waals surface area contributed by atoms with Crippen molar-refractivity contribution in [2.24, 2.45) is 0 Å². The van der Waals surface area contributed by atoms with Gasteiger partial charge in [-0.15, -0.1) is 0 Å². The van der Waals surface area contributed by atoms with Gasteiger partial charge >= 0.3 is 0 Å². The van der Waals surface area contributed by atoms with Crippen LogP contribution in [-0.2, 0) is 0 Å². The largest absolute Gasteiger partial charge is 0.359 e. The second-order valence-electron chi connectivity index (χ2n) is 10.1. The molecule has 0 radical (unpaired) electrons. The van der Waals surface area contributed by atoms with Crippen molar-refractivity contribution in [2.45, 2.75) is 6.17 Å². The van der Waals surface area contributed by atoms with Crippen LogP contribution in [0.15, 0.2) is 140 Å². The van der Waals surface area contributed by atoms with Gasteiger partial charge in [0.05, 0.1) is 17.1 Å². The van der Waals surface area contributed by atoms with Crippen molar-refractivity contribution < 1.29 is 0 Å². The van der Waals surface area contributed by atoms with Crippen LogP contribution in [0.2, 0.25) is 0 Å². The van der Waals surface area contributed by atoms with Gasteiger partial charge in [-0.2, -0.15) is 0 Å². The number of fused-ring (bicyclic) bond motifs is 8. The standard InChI is InChI=1S/C36H25N3/c1-2-9-24(10-3-1)25-11-8-12-26(21-25)27-15-18-30-32(22-27)31-23-28(33-13-4-6-19-37-33)16-17-29(31)35-36(30)39-20-7-5-14-34(39)38-35/h1-23,34,38H. The summed E-state index contributed by atoms with van der Waals surface area (Å²) in [6, 6.07) is 39.2. The molecule has 0 amide bonds. The number of rotatable bonds is 3. The van der Waals surface area contributed by atoms with Crippen LogP contribution < -0.4 is 10.2 Å². The van der Waals surface area contributed by atoms with Crippen molar-refractivity contribution >= 4 is 32.9 Å². The van der Waals surface area contributed by atoms with Crippen molar-refractivity contribution in [2.75, 3.05) is 10.2 Å². The van der Waals surface area contributed by atoms with E-state index in [-0.39, 0.29) is 6.17 Å². The maximum Gasteiger partial charge on any atom is 0.123 e. The van der Waals surface area contributed by atoms with E-state index in [4.69, 9.17) is 0 Å². The van der Waals surface area contributed by atoms with Crippen LogP contribution in [0, 0.1) is 0 Å². The highest BCUT2D eigenvalue weighted by molar-refractivity contribution is 6.23. The Bertz CT molecular complexity index is 1940. The third kappa shape index (κ3) is 3.55. The molecule has 1 unspecified atom stereocenters. The summed E-state index contributed by atoms with van der Waals surface area (Å²) in [7, 11) is 0. The topological polar surface area (TPSA) is 28.2 Å². The SMILES string of the molecule is C1=CC2Nc3c(c4ccc(-c5cccc(-c6ccccc6)c5)cc4c4cc(-c5ccccn5)ccc34)N2C=C1. The first-order chi connectivity index (χ1) is 19.3. The van der Waals surface area contributed by atoms with Crippen LogP contribution in [0.4, 0.5) is 11.4 Å². The molecule has 0 saturated heterocycles. The van der Waals surface area contributed by atoms with Crippen LogP contribution in [0.3, 0.4) is 0 Å². The number of allylic oxidation sites excluding steroid dienone is 2. The zero-order chi connectivity index (χ0) is 25.8. The maximum atomic E-state index is 4.63. The molecular weight excluding hydrogens is 474 g/mol. The number of nitrogens with one attached hydrogen (secondary N) is 1. The lowest BCUT2D eigenvalue weighted by atomic mass is 9.92. The van der Waals surface area contributed by atoms with E-state index < -0.39 is 0 Å². The predicted molar refractivity (Wildman–Crippen MR) is 164 cm³/mol. The summed E-state index contributed by atoms with van der Waals surface area (Å²) < 4.78 is 0. The lowest BCUT2D eigenvalue weighted by Gasteiger charge is -2.23. The van der Waals surface area contributed by atoms with Crippen molar-refractivity contribution in [3.05, 3.63) is 140 Å². The van der Waals surface area contributed by atoms with Crippen molar-refractivity contribution in [1.29, 1.82) is 0 Å². The highest BCUT2D eigenvalue weighted by Gasteiger charge is 2.30. The fraction of sp³-hybridized carbons (Fsp3) is 0.0278. The zero-order valence-electron chi connectivity index (χ0n) is 21.3. The third-order valence-corrected chi connectivity index (χ3v) is 7.86. The molecule has 0 saturated carbocycles. The quantitative estimate of drug-likeness (QED) is 0.246. The fourth-order valence-electron chi connectivity index (χ4n) is 5.99. The summed E-state index contributed by atoms with van der Waals surface area (Å²) in [4.78, 5) is 6.98. The van der Waals surface area contributed by atoms with Crippen molar-refractivity contribution in [3.8, 4) is 33.5 Å². The van der Waals surface area contributed by atoms with E-state index in [1.165, 1.54) is 55.2 Å². The second-order valence-corrected chi connectivity index (χ2v) is 10.1. The molecule has 3 nitrogen and oxygen atoms in total. The molecule has 0 fully saturated rings. The molecule has 0 spiro atoms. The van der Waals surface area contributed by atoms with E-state index in [2.05, 4.69) is 137 Å². The van der Waals surface area contributed by atoms with E-state index in [0.717, 1.165) is 11.3 Å². The van der Waals surface area contributed by atoms with Gasteiger partial charge in [0.2, 0.25) is 0 Å². The summed E-state index contributed by atoms with van der Waals surface area (Å²) in [5.74, 6) is 0. The van der Waals surface area contributed by atoms with E-state index >= 15 is 0 Å². The van der Waals surface area contributed by atoms with Crippen molar-refractivity contribution in [1.82, 2.24) is 4.98 Å². The summed E-state index contributed by atoms with van der Waals surface area (Å²) in [6.45, 7) is 0. The Kier molecular flexibility index (Phi) is 4.89. The molecule has 2 aliphatic rings. The number of nitrogens with zero attached hydrogens (tertiary/aromatic N) is 2. The van der Waals surface area contributed by atoms with Gasteiger partial charge in [0.15, 0.2) is 0 Å². The second kappa shape index (κ2) is 8.71.